The van der Waals surface area contributed by atoms with Crippen LogP contribution in [0.2, 0.25) is 0 Å². The third-order valence-electron chi connectivity index (χ3n) is 6.24. The minimum atomic E-state index is -0.290. The Morgan fingerprint density at radius 3 is 2.30 bits per heavy atom. The van der Waals surface area contributed by atoms with Crippen molar-refractivity contribution in [2.24, 2.45) is 10.4 Å². The van der Waals surface area contributed by atoms with E-state index in [9.17, 15) is 4.79 Å². The predicted octanol–water partition coefficient (Wildman–Crippen LogP) is 2.43. The number of aliphatic imine (C=N–C) groups is 1. The number of amides is 1. The van der Waals surface area contributed by atoms with Crippen molar-refractivity contribution in [2.75, 3.05) is 40.3 Å². The second-order valence-electron chi connectivity index (χ2n) is 8.57. The molecule has 1 saturated heterocycles. The zero-order chi connectivity index (χ0) is 18.6. The lowest BCUT2D eigenvalue weighted by Gasteiger charge is -2.33. The average molecular weight is 491 g/mol. The fraction of sp³-hybridized carbons (Fsp3) is 0.900. The van der Waals surface area contributed by atoms with Crippen molar-refractivity contribution in [2.45, 2.75) is 70.4 Å². The van der Waals surface area contributed by atoms with Crippen molar-refractivity contribution < 1.29 is 4.79 Å². The van der Waals surface area contributed by atoms with Gasteiger partial charge in [0, 0.05) is 45.8 Å². The number of carbonyl (C=O) groups is 1. The number of likely N-dealkylation sites (tertiary alicyclic amines) is 1. The lowest BCUT2D eigenvalue weighted by atomic mass is 9.85. The van der Waals surface area contributed by atoms with Crippen molar-refractivity contribution in [1.82, 2.24) is 20.4 Å². The molecule has 3 fully saturated rings. The van der Waals surface area contributed by atoms with E-state index in [-0.39, 0.29) is 35.3 Å². The number of nitrogens with one attached hydrogen (secondary N) is 2. The van der Waals surface area contributed by atoms with E-state index in [0.717, 1.165) is 44.2 Å². The molecule has 3 rings (SSSR count). The van der Waals surface area contributed by atoms with Crippen molar-refractivity contribution in [3.63, 3.8) is 0 Å². The van der Waals surface area contributed by atoms with E-state index in [2.05, 4.69) is 22.5 Å². The Morgan fingerprint density at radius 1 is 1.15 bits per heavy atom. The van der Waals surface area contributed by atoms with Gasteiger partial charge in [0.1, 0.15) is 0 Å². The van der Waals surface area contributed by atoms with E-state index in [1.807, 2.05) is 14.1 Å². The summed E-state index contributed by atoms with van der Waals surface area (Å²) < 4.78 is 0. The van der Waals surface area contributed by atoms with Crippen LogP contribution in [0.25, 0.3) is 0 Å². The molecule has 2 N–H and O–H groups in total. The number of rotatable bonds is 6. The predicted molar refractivity (Wildman–Crippen MR) is 122 cm³/mol. The third-order valence-corrected chi connectivity index (χ3v) is 6.24. The molecule has 0 spiro atoms. The zero-order valence-electron chi connectivity index (χ0n) is 17.3. The summed E-state index contributed by atoms with van der Waals surface area (Å²) in [5.41, 5.74) is -0.290. The Hall–Kier alpha value is -0.570. The Labute approximate surface area is 181 Å². The molecule has 0 atom stereocenters. The highest BCUT2D eigenvalue weighted by Gasteiger charge is 2.42. The first-order valence-corrected chi connectivity index (χ1v) is 10.5. The van der Waals surface area contributed by atoms with Crippen molar-refractivity contribution in [3.05, 3.63) is 0 Å². The molecule has 0 aromatic rings. The normalized spacial score (nSPS) is 23.6. The summed E-state index contributed by atoms with van der Waals surface area (Å²) in [6.45, 7) is 5.94. The first-order valence-electron chi connectivity index (χ1n) is 10.5. The highest BCUT2D eigenvalue weighted by Crippen LogP contribution is 2.39. The van der Waals surface area contributed by atoms with Gasteiger partial charge in [0.15, 0.2) is 5.96 Å². The number of guanidine groups is 1. The minimum Gasteiger partial charge on any atom is -0.357 e. The summed E-state index contributed by atoms with van der Waals surface area (Å²) in [5.74, 6) is 1.13. The molecule has 0 unspecified atom stereocenters. The number of hydrogen-bond acceptors (Lipinski definition) is 3. The number of piperidine rings is 1. The van der Waals surface area contributed by atoms with E-state index < -0.39 is 0 Å². The van der Waals surface area contributed by atoms with Gasteiger partial charge in [-0.1, -0.05) is 12.8 Å². The minimum absolute atomic E-state index is 0. The first-order chi connectivity index (χ1) is 12.5. The van der Waals surface area contributed by atoms with Gasteiger partial charge in [-0.15, -0.1) is 24.0 Å². The average Bonchev–Trinajstić information content (AvgIpc) is 3.38. The Kier molecular flexibility index (Phi) is 8.65. The summed E-state index contributed by atoms with van der Waals surface area (Å²) in [6, 6.07) is 1.36. The molecule has 0 radical (unpaired) electrons. The molecule has 0 bridgehead atoms. The fourth-order valence-electron chi connectivity index (χ4n) is 4.56. The van der Waals surface area contributed by atoms with Crippen LogP contribution in [-0.4, -0.2) is 74.0 Å². The largest absolute Gasteiger partial charge is 0.357 e. The highest BCUT2D eigenvalue weighted by molar-refractivity contribution is 14.0. The molecule has 0 aromatic heterocycles. The molecule has 6 nitrogen and oxygen atoms in total. The highest BCUT2D eigenvalue weighted by atomic mass is 127. The van der Waals surface area contributed by atoms with Crippen molar-refractivity contribution in [1.29, 1.82) is 0 Å². The maximum Gasteiger partial charge on any atom is 0.230 e. The zero-order valence-corrected chi connectivity index (χ0v) is 19.6. The topological polar surface area (TPSA) is 60.0 Å². The van der Waals surface area contributed by atoms with Crippen LogP contribution in [0.5, 0.6) is 0 Å². The Balaban J connectivity index is 0.00000261. The van der Waals surface area contributed by atoms with Gasteiger partial charge >= 0.3 is 0 Å². The molecular weight excluding hydrogens is 453 g/mol. The second-order valence-corrected chi connectivity index (χ2v) is 8.57. The van der Waals surface area contributed by atoms with E-state index >= 15 is 0 Å². The van der Waals surface area contributed by atoms with E-state index in [1.54, 1.807) is 4.90 Å². The maximum atomic E-state index is 12.7. The SMILES string of the molecule is CCNC(=NCC1(C(=O)N(C)C)CCCC1)NC1CCN(C2CC2)CC1.I. The van der Waals surface area contributed by atoms with Gasteiger partial charge in [-0.25, -0.2) is 0 Å². The van der Waals surface area contributed by atoms with Crippen molar-refractivity contribution in [3.8, 4) is 0 Å². The standard InChI is InChI=1S/C20H37N5O.HI/c1-4-21-19(23-16-9-13-25(14-10-16)17-7-8-17)22-15-20(11-5-6-12-20)18(26)24(2)3;/h16-17H,4-15H2,1-3H3,(H2,21,22,23);1H. The molecule has 1 heterocycles. The monoisotopic (exact) mass is 491 g/mol. The number of nitrogens with zero attached hydrogens (tertiary/aromatic N) is 3. The summed E-state index contributed by atoms with van der Waals surface area (Å²) in [4.78, 5) is 22.0. The van der Waals surface area contributed by atoms with Crippen LogP contribution in [-0.2, 0) is 4.79 Å². The molecule has 1 amide bonds. The summed E-state index contributed by atoms with van der Waals surface area (Å²) in [5, 5.41) is 7.02. The number of halogens is 1. The van der Waals surface area contributed by atoms with Crippen molar-refractivity contribution >= 4 is 35.8 Å². The third kappa shape index (κ3) is 5.95. The van der Waals surface area contributed by atoms with Gasteiger partial charge in [0.05, 0.1) is 12.0 Å². The van der Waals surface area contributed by atoms with E-state index in [4.69, 9.17) is 4.99 Å². The van der Waals surface area contributed by atoms with Gasteiger partial charge in [-0.05, 0) is 45.4 Å². The fourth-order valence-corrected chi connectivity index (χ4v) is 4.56. The molecule has 156 valence electrons. The van der Waals surface area contributed by atoms with Crippen LogP contribution in [0.4, 0.5) is 0 Å². The Morgan fingerprint density at radius 2 is 1.78 bits per heavy atom. The maximum absolute atomic E-state index is 12.7. The lowest BCUT2D eigenvalue weighted by Crippen LogP contribution is -2.49. The molecular formula is C20H38IN5O. The number of carbonyl (C=O) groups excluding carboxylic acids is 1. The molecule has 1 aliphatic heterocycles. The summed E-state index contributed by atoms with van der Waals surface area (Å²) >= 11 is 0. The van der Waals surface area contributed by atoms with Crippen LogP contribution in [0.3, 0.4) is 0 Å². The van der Waals surface area contributed by atoms with Crippen LogP contribution in [0.15, 0.2) is 4.99 Å². The van der Waals surface area contributed by atoms with Gasteiger partial charge in [0.2, 0.25) is 5.91 Å². The molecule has 2 saturated carbocycles. The molecule has 2 aliphatic carbocycles. The second kappa shape index (κ2) is 10.3. The van der Waals surface area contributed by atoms with E-state index in [0.29, 0.717) is 12.6 Å². The smallest absolute Gasteiger partial charge is 0.230 e. The quantitative estimate of drug-likeness (QED) is 0.341. The van der Waals surface area contributed by atoms with Crippen LogP contribution >= 0.6 is 24.0 Å². The lowest BCUT2D eigenvalue weighted by molar-refractivity contribution is -0.138. The van der Waals surface area contributed by atoms with Gasteiger partial charge in [-0.3, -0.25) is 9.79 Å². The van der Waals surface area contributed by atoms with Crippen LogP contribution in [0.1, 0.15) is 58.3 Å². The van der Waals surface area contributed by atoms with Crippen LogP contribution in [0, 0.1) is 5.41 Å². The van der Waals surface area contributed by atoms with Crippen LogP contribution < -0.4 is 10.6 Å². The molecule has 7 heteroatoms. The summed E-state index contributed by atoms with van der Waals surface area (Å²) in [6.07, 6.45) is 9.36. The first kappa shape index (κ1) is 22.7. The molecule has 0 aromatic carbocycles. The van der Waals surface area contributed by atoms with Gasteiger partial charge in [-0.2, -0.15) is 0 Å². The Bertz CT molecular complexity index is 507. The van der Waals surface area contributed by atoms with Gasteiger partial charge in [0.25, 0.3) is 0 Å². The summed E-state index contributed by atoms with van der Waals surface area (Å²) in [7, 11) is 3.73. The van der Waals surface area contributed by atoms with E-state index in [1.165, 1.54) is 38.8 Å². The number of hydrogen-bond donors (Lipinski definition) is 2. The van der Waals surface area contributed by atoms with Gasteiger partial charge < -0.3 is 20.4 Å². The molecule has 27 heavy (non-hydrogen) atoms. The molecule has 3 aliphatic rings.